The fourth-order valence-electron chi connectivity index (χ4n) is 3.72. The van der Waals surface area contributed by atoms with Gasteiger partial charge in [0, 0.05) is 24.7 Å². The van der Waals surface area contributed by atoms with Gasteiger partial charge in [0.05, 0.1) is 5.69 Å². The molecular weight excluding hydrogens is 392 g/mol. The third kappa shape index (κ3) is 5.54. The van der Waals surface area contributed by atoms with Crippen LogP contribution in [0.3, 0.4) is 0 Å². The molecule has 2 aromatic rings. The van der Waals surface area contributed by atoms with E-state index >= 15 is 0 Å². The van der Waals surface area contributed by atoms with Gasteiger partial charge in [-0.05, 0) is 51.9 Å². The summed E-state index contributed by atoms with van der Waals surface area (Å²) in [6, 6.07) is 3.73. The van der Waals surface area contributed by atoms with Crippen molar-refractivity contribution in [2.24, 2.45) is 0 Å². The molecule has 2 aliphatic rings. The van der Waals surface area contributed by atoms with E-state index in [2.05, 4.69) is 25.5 Å². The molecule has 1 aromatic heterocycles. The van der Waals surface area contributed by atoms with Crippen LogP contribution in [0.5, 0.6) is 11.6 Å². The summed E-state index contributed by atoms with van der Waals surface area (Å²) in [4.78, 5) is 10.4. The maximum atomic E-state index is 14.5. The van der Waals surface area contributed by atoms with Gasteiger partial charge in [0.25, 0.3) is 0 Å². The Morgan fingerprint density at radius 1 is 1.07 bits per heavy atom. The zero-order chi connectivity index (χ0) is 20.8. The first-order valence-corrected chi connectivity index (χ1v) is 10.5. The summed E-state index contributed by atoms with van der Waals surface area (Å²) < 4.78 is 40.3. The summed E-state index contributed by atoms with van der Waals surface area (Å²) in [7, 11) is 0. The van der Waals surface area contributed by atoms with Crippen LogP contribution in [0.2, 0.25) is 0 Å². The zero-order valence-electron chi connectivity index (χ0n) is 16.9. The van der Waals surface area contributed by atoms with E-state index in [1.165, 1.54) is 19.2 Å². The topological polar surface area (TPSA) is 71.5 Å². The summed E-state index contributed by atoms with van der Waals surface area (Å²) in [5.41, 5.74) is -0.0223. The molecule has 4 rings (SSSR count). The molecule has 0 aliphatic carbocycles. The van der Waals surface area contributed by atoms with Gasteiger partial charge in [0.15, 0.2) is 17.4 Å². The molecule has 0 bridgehead atoms. The minimum absolute atomic E-state index is 0.0223. The van der Waals surface area contributed by atoms with Crippen LogP contribution in [-0.4, -0.2) is 60.3 Å². The highest BCUT2D eigenvalue weighted by Gasteiger charge is 2.17. The van der Waals surface area contributed by atoms with Gasteiger partial charge in [-0.3, -0.25) is 4.90 Å². The van der Waals surface area contributed by atoms with E-state index in [4.69, 9.17) is 9.47 Å². The Labute approximate surface area is 174 Å². The molecule has 7 nitrogen and oxygen atoms in total. The molecule has 30 heavy (non-hydrogen) atoms. The number of rotatable bonds is 8. The van der Waals surface area contributed by atoms with E-state index in [1.807, 2.05) is 0 Å². The lowest BCUT2D eigenvalue weighted by atomic mass is 10.1. The van der Waals surface area contributed by atoms with E-state index in [-0.39, 0.29) is 17.5 Å². The van der Waals surface area contributed by atoms with Gasteiger partial charge in [-0.2, -0.15) is 0 Å². The average Bonchev–Trinajstić information content (AvgIpc) is 3.26. The number of nitrogens with one attached hydrogen (secondary N) is 2. The highest BCUT2D eigenvalue weighted by atomic mass is 19.1. The summed E-state index contributed by atoms with van der Waals surface area (Å²) in [5, 5.41) is 6.07. The van der Waals surface area contributed by atoms with Crippen LogP contribution in [0.4, 0.5) is 20.3 Å². The number of anilines is 2. The monoisotopic (exact) mass is 419 g/mol. The molecule has 0 atom stereocenters. The second-order valence-electron chi connectivity index (χ2n) is 7.59. The van der Waals surface area contributed by atoms with Gasteiger partial charge in [-0.25, -0.2) is 18.7 Å². The van der Waals surface area contributed by atoms with E-state index < -0.39 is 11.6 Å². The maximum absolute atomic E-state index is 14.5. The number of ether oxygens (including phenoxy) is 2. The van der Waals surface area contributed by atoms with Crippen molar-refractivity contribution in [3.05, 3.63) is 36.2 Å². The Morgan fingerprint density at radius 3 is 2.67 bits per heavy atom. The fraction of sp³-hybridized carbons (Fsp3) is 0.524. The highest BCUT2D eigenvalue weighted by Crippen LogP contribution is 2.28. The quantitative estimate of drug-likeness (QED) is 0.681. The van der Waals surface area contributed by atoms with Crippen molar-refractivity contribution in [1.82, 2.24) is 20.2 Å². The van der Waals surface area contributed by atoms with E-state index in [0.717, 1.165) is 51.2 Å². The summed E-state index contributed by atoms with van der Waals surface area (Å²) in [6.07, 6.45) is 5.56. The second kappa shape index (κ2) is 9.99. The number of hydrogen-bond acceptors (Lipinski definition) is 7. The minimum Gasteiger partial charge on any atom is -0.489 e. The Balaban J connectivity index is 1.36. The molecule has 0 radical (unpaired) electrons. The van der Waals surface area contributed by atoms with Crippen molar-refractivity contribution in [2.45, 2.75) is 31.8 Å². The smallest absolute Gasteiger partial charge is 0.218 e. The van der Waals surface area contributed by atoms with Crippen LogP contribution >= 0.6 is 0 Å². The molecule has 0 spiro atoms. The lowest BCUT2D eigenvalue weighted by molar-refractivity contribution is 0.156. The maximum Gasteiger partial charge on any atom is 0.218 e. The number of likely N-dealkylation sites (tertiary alicyclic amines) is 1. The van der Waals surface area contributed by atoms with Crippen LogP contribution in [0.25, 0.3) is 0 Å². The van der Waals surface area contributed by atoms with E-state index in [9.17, 15) is 8.78 Å². The average molecular weight is 419 g/mol. The largest absolute Gasteiger partial charge is 0.489 e. The molecule has 2 aliphatic heterocycles. The van der Waals surface area contributed by atoms with Crippen molar-refractivity contribution in [1.29, 1.82) is 0 Å². The van der Waals surface area contributed by atoms with Crippen molar-refractivity contribution < 1.29 is 18.3 Å². The van der Waals surface area contributed by atoms with Gasteiger partial charge < -0.3 is 20.1 Å². The minimum atomic E-state index is -0.624. The number of piperidine rings is 1. The number of benzene rings is 1. The molecule has 1 aromatic carbocycles. The number of halogens is 2. The lowest BCUT2D eigenvalue weighted by Crippen LogP contribution is -2.34. The van der Waals surface area contributed by atoms with Crippen LogP contribution in [-0.2, 0) is 0 Å². The third-order valence-electron chi connectivity index (χ3n) is 5.36. The molecule has 0 saturated carbocycles. The fourth-order valence-corrected chi connectivity index (χ4v) is 3.72. The van der Waals surface area contributed by atoms with Gasteiger partial charge in [0.2, 0.25) is 5.88 Å². The van der Waals surface area contributed by atoms with Crippen molar-refractivity contribution in [2.75, 3.05) is 44.6 Å². The Morgan fingerprint density at radius 2 is 1.87 bits per heavy atom. The summed E-state index contributed by atoms with van der Waals surface area (Å²) in [6.45, 7) is 4.90. The van der Waals surface area contributed by atoms with Crippen LogP contribution in [0.1, 0.15) is 25.7 Å². The number of nitrogens with zero attached hydrogens (tertiary/aromatic N) is 3. The molecule has 2 saturated heterocycles. The first-order valence-electron chi connectivity index (χ1n) is 10.5. The van der Waals surface area contributed by atoms with Crippen LogP contribution < -0.4 is 20.1 Å². The predicted octanol–water partition coefficient (Wildman–Crippen LogP) is 3.10. The standard InChI is InChI=1S/C21H27F2N5O2/c22-16-12-19(29-10-9-28-7-1-2-8-28)17(23)11-18(16)27-20-13-21(26-14-25-20)30-15-3-5-24-6-4-15/h11-15,24H,1-10H2,(H,25,26,27). The third-order valence-corrected chi connectivity index (χ3v) is 5.36. The van der Waals surface area contributed by atoms with Gasteiger partial charge >= 0.3 is 0 Å². The molecule has 3 heterocycles. The zero-order valence-corrected chi connectivity index (χ0v) is 16.9. The SMILES string of the molecule is Fc1cc(OCCN2CCCC2)c(F)cc1Nc1cc(OC2CCNCC2)ncn1. The molecular formula is C21H27F2N5O2. The van der Waals surface area contributed by atoms with E-state index in [1.54, 1.807) is 6.07 Å². The number of aromatic nitrogens is 2. The van der Waals surface area contributed by atoms with Crippen molar-refractivity contribution in [3.8, 4) is 11.6 Å². The van der Waals surface area contributed by atoms with Gasteiger partial charge in [0.1, 0.15) is 24.9 Å². The Kier molecular flexibility index (Phi) is 6.91. The van der Waals surface area contributed by atoms with Crippen molar-refractivity contribution in [3.63, 3.8) is 0 Å². The summed E-state index contributed by atoms with van der Waals surface area (Å²) in [5.74, 6) is -0.598. The molecule has 2 N–H and O–H groups in total. The highest BCUT2D eigenvalue weighted by molar-refractivity contribution is 5.59. The molecule has 2 fully saturated rings. The Bertz CT molecular complexity index is 842. The second-order valence-corrected chi connectivity index (χ2v) is 7.59. The first kappa shape index (κ1) is 20.7. The van der Waals surface area contributed by atoms with Gasteiger partial charge in [-0.1, -0.05) is 0 Å². The molecule has 0 unspecified atom stereocenters. The Hall–Kier alpha value is -2.52. The van der Waals surface area contributed by atoms with Gasteiger partial charge in [-0.15, -0.1) is 0 Å². The first-order chi connectivity index (χ1) is 14.7. The van der Waals surface area contributed by atoms with Crippen LogP contribution in [0, 0.1) is 11.6 Å². The molecule has 9 heteroatoms. The number of hydrogen-bond donors (Lipinski definition) is 2. The molecule has 162 valence electrons. The van der Waals surface area contributed by atoms with E-state index in [0.29, 0.717) is 24.8 Å². The van der Waals surface area contributed by atoms with Crippen molar-refractivity contribution >= 4 is 11.5 Å². The predicted molar refractivity (Wildman–Crippen MR) is 109 cm³/mol. The lowest BCUT2D eigenvalue weighted by Gasteiger charge is -2.23. The summed E-state index contributed by atoms with van der Waals surface area (Å²) >= 11 is 0. The molecule has 0 amide bonds. The van der Waals surface area contributed by atoms with Crippen LogP contribution in [0.15, 0.2) is 24.5 Å². The normalized spacial score (nSPS) is 17.8.